The van der Waals surface area contributed by atoms with Gasteiger partial charge in [0.2, 0.25) is 0 Å². The van der Waals surface area contributed by atoms with Crippen molar-refractivity contribution in [3.63, 3.8) is 0 Å². The van der Waals surface area contributed by atoms with E-state index < -0.39 is 0 Å². The summed E-state index contributed by atoms with van der Waals surface area (Å²) in [7, 11) is 5.51. The van der Waals surface area contributed by atoms with Crippen molar-refractivity contribution < 1.29 is 14.3 Å². The van der Waals surface area contributed by atoms with Gasteiger partial charge in [0.05, 0.1) is 18.8 Å². The second-order valence-electron chi connectivity index (χ2n) is 8.22. The molecule has 29 heavy (non-hydrogen) atoms. The summed E-state index contributed by atoms with van der Waals surface area (Å²) in [6.07, 6.45) is 6.68. The Kier molecular flexibility index (Phi) is 5.61. The molecule has 0 saturated carbocycles. The fourth-order valence-electron chi connectivity index (χ4n) is 4.25. The van der Waals surface area contributed by atoms with Crippen LogP contribution in [0.3, 0.4) is 0 Å². The molecule has 0 bridgehead atoms. The van der Waals surface area contributed by atoms with E-state index in [2.05, 4.69) is 26.6 Å². The van der Waals surface area contributed by atoms with Crippen LogP contribution in [0.2, 0.25) is 0 Å². The van der Waals surface area contributed by atoms with Crippen LogP contribution < -0.4 is 4.74 Å². The molecule has 0 atom stereocenters. The Morgan fingerprint density at radius 3 is 2.79 bits per heavy atom. The normalized spacial score (nSPS) is 18.4. The van der Waals surface area contributed by atoms with E-state index in [1.807, 2.05) is 25.5 Å². The molecule has 7 nitrogen and oxygen atoms in total. The maximum atomic E-state index is 11.8. The topological polar surface area (TPSA) is 59.8 Å². The largest absolute Gasteiger partial charge is 0.484 e. The molecule has 1 aromatic carbocycles. The lowest BCUT2D eigenvalue weighted by Gasteiger charge is -2.45. The second-order valence-corrected chi connectivity index (χ2v) is 8.22. The number of carbonyl (C=O) groups excluding carboxylic acids is 1. The van der Waals surface area contributed by atoms with E-state index in [4.69, 9.17) is 9.47 Å². The first-order chi connectivity index (χ1) is 14.0. The highest BCUT2D eigenvalue weighted by Gasteiger charge is 2.41. The van der Waals surface area contributed by atoms with Gasteiger partial charge in [0, 0.05) is 46.6 Å². The standard InChI is InChI=1S/C22H30N4O3/c1-24(2)21(27)16-28-18-4-5-19-17(14-18)6-13-29-22(19)7-10-26(11-8-22)15-20-23-9-12-25(20)3/h4-5,9,12,14H,6-8,10-11,13,15-16H2,1-3H3. The first-order valence-corrected chi connectivity index (χ1v) is 10.3. The zero-order valence-corrected chi connectivity index (χ0v) is 17.6. The van der Waals surface area contributed by atoms with Gasteiger partial charge in [-0.1, -0.05) is 6.07 Å². The maximum absolute atomic E-state index is 11.8. The van der Waals surface area contributed by atoms with E-state index in [0.717, 1.165) is 57.1 Å². The highest BCUT2D eigenvalue weighted by Crippen LogP contribution is 2.42. The van der Waals surface area contributed by atoms with Crippen molar-refractivity contribution in [2.75, 3.05) is 40.4 Å². The van der Waals surface area contributed by atoms with E-state index in [-0.39, 0.29) is 18.1 Å². The molecule has 1 amide bonds. The summed E-state index contributed by atoms with van der Waals surface area (Å²) < 4.78 is 14.2. The van der Waals surface area contributed by atoms with Gasteiger partial charge >= 0.3 is 0 Å². The lowest BCUT2D eigenvalue weighted by atomic mass is 9.79. The van der Waals surface area contributed by atoms with E-state index in [0.29, 0.717) is 0 Å². The number of aryl methyl sites for hydroxylation is 1. The minimum absolute atomic E-state index is 0.0393. The molecular weight excluding hydrogens is 368 g/mol. The van der Waals surface area contributed by atoms with Crippen LogP contribution in [0, 0.1) is 0 Å². The van der Waals surface area contributed by atoms with Crippen LogP contribution in [0.25, 0.3) is 0 Å². The summed E-state index contributed by atoms with van der Waals surface area (Å²) in [5.41, 5.74) is 2.36. The van der Waals surface area contributed by atoms with Gasteiger partial charge in [-0.15, -0.1) is 0 Å². The Morgan fingerprint density at radius 2 is 2.10 bits per heavy atom. The van der Waals surface area contributed by atoms with Gasteiger partial charge in [0.1, 0.15) is 11.6 Å². The minimum atomic E-state index is -0.205. The van der Waals surface area contributed by atoms with Crippen molar-refractivity contribution in [3.05, 3.63) is 47.5 Å². The minimum Gasteiger partial charge on any atom is -0.484 e. The third kappa shape index (κ3) is 4.16. The number of carbonyl (C=O) groups is 1. The summed E-state index contributed by atoms with van der Waals surface area (Å²) in [4.78, 5) is 20.2. The SMILES string of the molecule is CN(C)C(=O)COc1ccc2c(c1)CCOC21CCN(Cc2nccn2C)CC1. The van der Waals surface area contributed by atoms with Gasteiger partial charge in [0.25, 0.3) is 5.91 Å². The number of ether oxygens (including phenoxy) is 2. The fourth-order valence-corrected chi connectivity index (χ4v) is 4.25. The average molecular weight is 399 g/mol. The molecule has 3 heterocycles. The number of piperidine rings is 1. The predicted octanol–water partition coefficient (Wildman–Crippen LogP) is 1.95. The van der Waals surface area contributed by atoms with Gasteiger partial charge in [-0.3, -0.25) is 9.69 Å². The number of likely N-dealkylation sites (tertiary alicyclic amines) is 1. The van der Waals surface area contributed by atoms with Gasteiger partial charge in [-0.2, -0.15) is 0 Å². The molecule has 7 heteroatoms. The van der Waals surface area contributed by atoms with Crippen LogP contribution in [0.1, 0.15) is 29.8 Å². The van der Waals surface area contributed by atoms with Gasteiger partial charge in [-0.25, -0.2) is 4.98 Å². The smallest absolute Gasteiger partial charge is 0.259 e. The molecular formula is C22H30N4O3. The number of aromatic nitrogens is 2. The molecule has 2 aliphatic heterocycles. The van der Waals surface area contributed by atoms with Crippen molar-refractivity contribution in [2.24, 2.45) is 7.05 Å². The maximum Gasteiger partial charge on any atom is 0.259 e. The number of nitrogens with zero attached hydrogens (tertiary/aromatic N) is 4. The Hall–Kier alpha value is -2.38. The third-order valence-corrected chi connectivity index (χ3v) is 6.13. The quantitative estimate of drug-likeness (QED) is 0.771. The zero-order chi connectivity index (χ0) is 20.4. The Balaban J connectivity index is 1.43. The van der Waals surface area contributed by atoms with Crippen LogP contribution in [-0.2, 0) is 35.1 Å². The van der Waals surface area contributed by atoms with Gasteiger partial charge in [-0.05, 0) is 42.5 Å². The number of fused-ring (bicyclic) bond motifs is 2. The van der Waals surface area contributed by atoms with Crippen LogP contribution in [0.4, 0.5) is 0 Å². The van der Waals surface area contributed by atoms with Crippen LogP contribution in [-0.4, -0.2) is 65.7 Å². The van der Waals surface area contributed by atoms with Crippen molar-refractivity contribution in [2.45, 2.75) is 31.4 Å². The molecule has 0 N–H and O–H groups in total. The molecule has 1 aromatic heterocycles. The first kappa shape index (κ1) is 19.9. The van der Waals surface area contributed by atoms with Crippen molar-refractivity contribution in [3.8, 4) is 5.75 Å². The molecule has 0 unspecified atom stereocenters. The monoisotopic (exact) mass is 398 g/mol. The molecule has 2 aliphatic rings. The van der Waals surface area contributed by atoms with Gasteiger partial charge < -0.3 is 18.9 Å². The molecule has 0 aliphatic carbocycles. The summed E-state index contributed by atoms with van der Waals surface area (Å²) in [6.45, 7) is 3.64. The number of benzene rings is 1. The van der Waals surface area contributed by atoms with Crippen molar-refractivity contribution in [1.29, 1.82) is 0 Å². The molecule has 1 spiro atoms. The lowest BCUT2D eigenvalue weighted by molar-refractivity contribution is -0.130. The number of rotatable bonds is 5. The number of likely N-dealkylation sites (N-methyl/N-ethyl adjacent to an activating group) is 1. The molecule has 2 aromatic rings. The van der Waals surface area contributed by atoms with Crippen LogP contribution in [0.15, 0.2) is 30.6 Å². The van der Waals surface area contributed by atoms with Crippen molar-refractivity contribution in [1.82, 2.24) is 19.4 Å². The highest BCUT2D eigenvalue weighted by atomic mass is 16.5. The Bertz CT molecular complexity index is 869. The average Bonchev–Trinajstić information content (AvgIpc) is 3.12. The second kappa shape index (κ2) is 8.16. The third-order valence-electron chi connectivity index (χ3n) is 6.13. The molecule has 0 radical (unpaired) electrons. The Morgan fingerprint density at radius 1 is 1.31 bits per heavy atom. The van der Waals surface area contributed by atoms with E-state index in [1.54, 1.807) is 19.0 Å². The first-order valence-electron chi connectivity index (χ1n) is 10.3. The highest BCUT2D eigenvalue weighted by molar-refractivity contribution is 5.77. The van der Waals surface area contributed by atoms with Crippen LogP contribution >= 0.6 is 0 Å². The Labute approximate surface area is 172 Å². The van der Waals surface area contributed by atoms with E-state index >= 15 is 0 Å². The lowest BCUT2D eigenvalue weighted by Crippen LogP contribution is -2.46. The summed E-state index contributed by atoms with van der Waals surface area (Å²) in [6, 6.07) is 6.19. The predicted molar refractivity (Wildman–Crippen MR) is 110 cm³/mol. The number of hydrogen-bond donors (Lipinski definition) is 0. The van der Waals surface area contributed by atoms with E-state index in [9.17, 15) is 4.79 Å². The number of hydrogen-bond acceptors (Lipinski definition) is 5. The summed E-state index contributed by atoms with van der Waals surface area (Å²) in [5, 5.41) is 0. The molecule has 1 saturated heterocycles. The van der Waals surface area contributed by atoms with Gasteiger partial charge in [0.15, 0.2) is 6.61 Å². The summed E-state index contributed by atoms with van der Waals surface area (Å²) >= 11 is 0. The molecule has 156 valence electrons. The number of imidazole rings is 1. The fraction of sp³-hybridized carbons (Fsp3) is 0.545. The van der Waals surface area contributed by atoms with E-state index in [1.165, 1.54) is 11.1 Å². The van der Waals surface area contributed by atoms with Crippen molar-refractivity contribution >= 4 is 5.91 Å². The number of amides is 1. The van der Waals surface area contributed by atoms with Crippen LogP contribution in [0.5, 0.6) is 5.75 Å². The molecule has 1 fully saturated rings. The zero-order valence-electron chi connectivity index (χ0n) is 17.6. The molecule has 4 rings (SSSR count). The summed E-state index contributed by atoms with van der Waals surface area (Å²) in [5.74, 6) is 1.81.